The number of sulfonamides is 1. The first-order valence-corrected chi connectivity index (χ1v) is 8.64. The number of nitrogens with zero attached hydrogens (tertiary/aromatic N) is 1. The molecular weight excluding hydrogens is 298 g/mol. The van der Waals surface area contributed by atoms with Crippen LogP contribution in [-0.2, 0) is 10.0 Å². The maximum Gasteiger partial charge on any atom is 0.242 e. The lowest BCUT2D eigenvalue weighted by atomic mass is 9.94. The van der Waals surface area contributed by atoms with Gasteiger partial charge in [-0.3, -0.25) is 0 Å². The van der Waals surface area contributed by atoms with Crippen molar-refractivity contribution in [1.29, 1.82) is 0 Å². The van der Waals surface area contributed by atoms with Crippen molar-refractivity contribution in [2.45, 2.75) is 44.0 Å². The first-order chi connectivity index (χ1) is 9.35. The van der Waals surface area contributed by atoms with Gasteiger partial charge in [-0.25, -0.2) is 18.1 Å². The molecule has 20 heavy (non-hydrogen) atoms. The molecule has 0 spiro atoms. The summed E-state index contributed by atoms with van der Waals surface area (Å²) in [5, 5.41) is 0.152. The molecule has 7 heteroatoms. The maximum absolute atomic E-state index is 12.3. The molecule has 0 amide bonds. The number of pyridine rings is 1. The molecule has 1 saturated carbocycles. The van der Waals surface area contributed by atoms with E-state index < -0.39 is 10.0 Å². The highest BCUT2D eigenvalue weighted by molar-refractivity contribution is 7.89. The van der Waals surface area contributed by atoms with Crippen molar-refractivity contribution in [3.05, 3.63) is 17.3 Å². The van der Waals surface area contributed by atoms with E-state index in [9.17, 15) is 8.42 Å². The molecular formula is C13H20ClN3O2S. The Bertz CT molecular complexity index is 591. The second-order valence-corrected chi connectivity index (χ2v) is 7.49. The van der Waals surface area contributed by atoms with E-state index in [0.717, 1.165) is 19.3 Å². The van der Waals surface area contributed by atoms with Crippen LogP contribution in [0.2, 0.25) is 5.02 Å². The molecule has 0 saturated heterocycles. The third-order valence-electron chi connectivity index (χ3n) is 4.21. The van der Waals surface area contributed by atoms with Crippen LogP contribution in [0.3, 0.4) is 0 Å². The molecule has 3 atom stereocenters. The van der Waals surface area contributed by atoms with E-state index in [1.807, 2.05) is 0 Å². The minimum atomic E-state index is -3.60. The van der Waals surface area contributed by atoms with Crippen molar-refractivity contribution in [3.8, 4) is 0 Å². The van der Waals surface area contributed by atoms with E-state index in [4.69, 9.17) is 17.3 Å². The van der Waals surface area contributed by atoms with Gasteiger partial charge in [-0.1, -0.05) is 31.9 Å². The molecule has 112 valence electrons. The maximum atomic E-state index is 12.3. The molecule has 1 aliphatic carbocycles. The predicted molar refractivity (Wildman–Crippen MR) is 79.9 cm³/mol. The Morgan fingerprint density at radius 3 is 2.75 bits per heavy atom. The Balaban J connectivity index is 2.17. The summed E-state index contributed by atoms with van der Waals surface area (Å²) in [6.07, 6.45) is 4.25. The summed E-state index contributed by atoms with van der Waals surface area (Å²) >= 11 is 5.83. The van der Waals surface area contributed by atoms with Crippen LogP contribution in [0.25, 0.3) is 0 Å². The smallest absolute Gasteiger partial charge is 0.242 e. The standard InChI is InChI=1S/C13H20ClN3O2S/c1-3-9-4-5-12(8(9)2)17-20(18,19)10-6-11(14)13(15)16-7-10/h6-9,12,17H,3-5H2,1-2H3,(H2,15,16). The summed E-state index contributed by atoms with van der Waals surface area (Å²) in [6, 6.07) is 1.31. The summed E-state index contributed by atoms with van der Waals surface area (Å²) in [7, 11) is -3.60. The molecule has 3 N–H and O–H groups in total. The SMILES string of the molecule is CCC1CCC(NS(=O)(=O)c2cnc(N)c(Cl)c2)C1C. The quantitative estimate of drug-likeness (QED) is 0.893. The second kappa shape index (κ2) is 5.87. The Morgan fingerprint density at radius 1 is 1.50 bits per heavy atom. The number of hydrogen-bond acceptors (Lipinski definition) is 4. The van der Waals surface area contributed by atoms with Crippen LogP contribution in [0.4, 0.5) is 5.82 Å². The highest BCUT2D eigenvalue weighted by Crippen LogP contribution is 2.34. The van der Waals surface area contributed by atoms with E-state index in [1.165, 1.54) is 12.3 Å². The van der Waals surface area contributed by atoms with Gasteiger partial charge in [-0.2, -0.15) is 0 Å². The number of rotatable bonds is 4. The zero-order chi connectivity index (χ0) is 14.9. The van der Waals surface area contributed by atoms with Crippen molar-refractivity contribution in [2.24, 2.45) is 11.8 Å². The average Bonchev–Trinajstić information content (AvgIpc) is 2.73. The predicted octanol–water partition coefficient (Wildman–Crippen LogP) is 2.42. The third-order valence-corrected chi connectivity index (χ3v) is 5.97. The molecule has 1 fully saturated rings. The number of nitrogen functional groups attached to an aromatic ring is 1. The van der Waals surface area contributed by atoms with E-state index in [-0.39, 0.29) is 21.8 Å². The second-order valence-electron chi connectivity index (χ2n) is 5.37. The molecule has 2 rings (SSSR count). The van der Waals surface area contributed by atoms with Gasteiger partial charge in [0.25, 0.3) is 0 Å². The lowest BCUT2D eigenvalue weighted by Gasteiger charge is -2.21. The van der Waals surface area contributed by atoms with Gasteiger partial charge in [0.05, 0.1) is 5.02 Å². The van der Waals surface area contributed by atoms with Crippen molar-refractivity contribution >= 4 is 27.4 Å². The fraction of sp³-hybridized carbons (Fsp3) is 0.615. The largest absolute Gasteiger partial charge is 0.382 e. The van der Waals surface area contributed by atoms with E-state index in [1.54, 1.807) is 0 Å². The molecule has 0 bridgehead atoms. The average molecular weight is 318 g/mol. The molecule has 1 heterocycles. The van der Waals surface area contributed by atoms with Gasteiger partial charge in [-0.05, 0) is 30.7 Å². The van der Waals surface area contributed by atoms with E-state index >= 15 is 0 Å². The summed E-state index contributed by atoms with van der Waals surface area (Å²) in [5.41, 5.74) is 5.50. The Labute approximate surface area is 125 Å². The van der Waals surface area contributed by atoms with Crippen LogP contribution in [0, 0.1) is 11.8 Å². The van der Waals surface area contributed by atoms with Gasteiger partial charge in [-0.15, -0.1) is 0 Å². The number of aromatic nitrogens is 1. The molecule has 1 aromatic rings. The summed E-state index contributed by atoms with van der Waals surface area (Å²) in [6.45, 7) is 4.24. The van der Waals surface area contributed by atoms with Crippen LogP contribution >= 0.6 is 11.6 Å². The summed E-state index contributed by atoms with van der Waals surface area (Å²) in [4.78, 5) is 3.86. The van der Waals surface area contributed by atoms with Crippen LogP contribution in [-0.4, -0.2) is 19.4 Å². The fourth-order valence-electron chi connectivity index (χ4n) is 2.84. The minimum Gasteiger partial charge on any atom is -0.382 e. The lowest BCUT2D eigenvalue weighted by Crippen LogP contribution is -2.37. The lowest BCUT2D eigenvalue weighted by molar-refractivity contribution is 0.368. The van der Waals surface area contributed by atoms with Gasteiger partial charge in [0.1, 0.15) is 10.7 Å². The minimum absolute atomic E-state index is 0.0266. The van der Waals surface area contributed by atoms with Crippen LogP contribution in [0.5, 0.6) is 0 Å². The van der Waals surface area contributed by atoms with Gasteiger partial charge in [0.2, 0.25) is 10.0 Å². The fourth-order valence-corrected chi connectivity index (χ4v) is 4.40. The molecule has 3 unspecified atom stereocenters. The van der Waals surface area contributed by atoms with Gasteiger partial charge < -0.3 is 5.73 Å². The van der Waals surface area contributed by atoms with Gasteiger partial charge >= 0.3 is 0 Å². The summed E-state index contributed by atoms with van der Waals surface area (Å²) < 4.78 is 27.4. The zero-order valence-corrected chi connectivity index (χ0v) is 13.2. The van der Waals surface area contributed by atoms with Crippen molar-refractivity contribution in [1.82, 2.24) is 9.71 Å². The molecule has 1 aromatic heterocycles. The van der Waals surface area contributed by atoms with Gasteiger partial charge in [0, 0.05) is 12.2 Å². The molecule has 0 aliphatic heterocycles. The molecule has 0 radical (unpaired) electrons. The van der Waals surface area contributed by atoms with E-state index in [0.29, 0.717) is 11.8 Å². The van der Waals surface area contributed by atoms with Crippen molar-refractivity contribution in [3.63, 3.8) is 0 Å². The Hall–Kier alpha value is -0.850. The number of hydrogen-bond donors (Lipinski definition) is 2. The summed E-state index contributed by atoms with van der Waals surface area (Å²) in [5.74, 6) is 1.05. The normalized spacial score (nSPS) is 26.9. The Morgan fingerprint density at radius 2 is 2.20 bits per heavy atom. The highest BCUT2D eigenvalue weighted by Gasteiger charge is 2.34. The van der Waals surface area contributed by atoms with Crippen molar-refractivity contribution in [2.75, 3.05) is 5.73 Å². The number of nitrogens with two attached hydrogens (primary N) is 1. The van der Waals surface area contributed by atoms with Gasteiger partial charge in [0.15, 0.2) is 0 Å². The van der Waals surface area contributed by atoms with Crippen LogP contribution in [0.1, 0.15) is 33.1 Å². The topological polar surface area (TPSA) is 85.1 Å². The third kappa shape index (κ3) is 3.07. The zero-order valence-electron chi connectivity index (χ0n) is 11.6. The Kier molecular flexibility index (Phi) is 4.56. The number of halogens is 1. The molecule has 1 aliphatic rings. The van der Waals surface area contributed by atoms with Crippen LogP contribution in [0.15, 0.2) is 17.2 Å². The monoisotopic (exact) mass is 317 g/mol. The number of nitrogens with one attached hydrogen (secondary N) is 1. The van der Waals surface area contributed by atoms with E-state index in [2.05, 4.69) is 23.6 Å². The molecule has 5 nitrogen and oxygen atoms in total. The van der Waals surface area contributed by atoms with Crippen molar-refractivity contribution < 1.29 is 8.42 Å². The first kappa shape index (κ1) is 15.5. The van der Waals surface area contributed by atoms with Crippen LogP contribution < -0.4 is 10.5 Å². The highest BCUT2D eigenvalue weighted by atomic mass is 35.5. The molecule has 0 aromatic carbocycles. The number of anilines is 1. The first-order valence-electron chi connectivity index (χ1n) is 6.78.